The first-order chi connectivity index (χ1) is 9.65. The van der Waals surface area contributed by atoms with Crippen LogP contribution in [0.1, 0.15) is 28.7 Å². The Morgan fingerprint density at radius 3 is 3.05 bits per heavy atom. The van der Waals surface area contributed by atoms with Gasteiger partial charge in [-0.15, -0.1) is 11.3 Å². The first-order valence-corrected chi connectivity index (χ1v) is 7.54. The van der Waals surface area contributed by atoms with E-state index in [4.69, 9.17) is 10.3 Å². The maximum absolute atomic E-state index is 6.16. The summed E-state index contributed by atoms with van der Waals surface area (Å²) >= 11 is 1.60. The number of hydrogen-bond acceptors (Lipinski definition) is 7. The Kier molecular flexibility index (Phi) is 3.84. The van der Waals surface area contributed by atoms with Gasteiger partial charge in [0.15, 0.2) is 5.82 Å². The van der Waals surface area contributed by atoms with Gasteiger partial charge in [-0.3, -0.25) is 4.90 Å². The quantitative estimate of drug-likeness (QED) is 0.913. The molecule has 3 heterocycles. The zero-order valence-electron chi connectivity index (χ0n) is 11.7. The summed E-state index contributed by atoms with van der Waals surface area (Å²) in [4.78, 5) is 10.1. The van der Waals surface area contributed by atoms with Crippen LogP contribution in [0.15, 0.2) is 22.0 Å². The molecule has 0 radical (unpaired) electrons. The van der Waals surface area contributed by atoms with Gasteiger partial charge in [0.2, 0.25) is 5.89 Å². The van der Waals surface area contributed by atoms with Crippen LogP contribution in [0, 0.1) is 0 Å². The molecule has 3 rings (SSSR count). The fraction of sp³-hybridized carbons (Fsp3) is 0.538. The minimum atomic E-state index is -0.331. The van der Waals surface area contributed by atoms with Gasteiger partial charge in [0, 0.05) is 24.5 Å². The van der Waals surface area contributed by atoms with Gasteiger partial charge in [-0.2, -0.15) is 4.98 Å². The fourth-order valence-corrected chi connectivity index (χ4v) is 3.11. The molecule has 1 fully saturated rings. The molecule has 0 aromatic carbocycles. The molecule has 7 heteroatoms. The molecule has 20 heavy (non-hydrogen) atoms. The molecule has 6 nitrogen and oxygen atoms in total. The van der Waals surface area contributed by atoms with E-state index in [2.05, 4.69) is 34.0 Å². The number of nitrogens with two attached hydrogens (primary N) is 1. The average Bonchev–Trinajstić information content (AvgIpc) is 3.11. The largest absolute Gasteiger partial charge is 0.337 e. The number of thiophene rings is 1. The lowest BCUT2D eigenvalue weighted by molar-refractivity contribution is 0.108. The van der Waals surface area contributed by atoms with Gasteiger partial charge >= 0.3 is 0 Å². The van der Waals surface area contributed by atoms with Crippen LogP contribution in [0.5, 0.6) is 0 Å². The number of nitrogens with zero attached hydrogens (tertiary/aromatic N) is 4. The number of likely N-dealkylation sites (N-methyl/N-ethyl adjacent to an activating group) is 2. The van der Waals surface area contributed by atoms with Crippen LogP contribution < -0.4 is 5.73 Å². The number of piperazine rings is 1. The molecule has 2 aromatic heterocycles. The first kappa shape index (κ1) is 13.7. The van der Waals surface area contributed by atoms with Crippen LogP contribution in [-0.4, -0.2) is 53.7 Å². The van der Waals surface area contributed by atoms with E-state index in [9.17, 15) is 0 Å². The van der Waals surface area contributed by atoms with Crippen molar-refractivity contribution in [1.82, 2.24) is 19.9 Å². The summed E-state index contributed by atoms with van der Waals surface area (Å²) in [7, 11) is 4.20. The van der Waals surface area contributed by atoms with E-state index in [1.54, 1.807) is 11.3 Å². The molecule has 0 bridgehead atoms. The van der Waals surface area contributed by atoms with Crippen LogP contribution in [0.4, 0.5) is 0 Å². The summed E-state index contributed by atoms with van der Waals surface area (Å²) in [5.41, 5.74) is 6.16. The topological polar surface area (TPSA) is 71.4 Å². The van der Waals surface area contributed by atoms with Gasteiger partial charge in [-0.25, -0.2) is 0 Å². The van der Waals surface area contributed by atoms with E-state index in [0.717, 1.165) is 30.3 Å². The third-order valence-electron chi connectivity index (χ3n) is 3.72. The summed E-state index contributed by atoms with van der Waals surface area (Å²) in [6.45, 7) is 2.97. The van der Waals surface area contributed by atoms with Crippen molar-refractivity contribution < 1.29 is 4.52 Å². The van der Waals surface area contributed by atoms with E-state index in [0.29, 0.717) is 5.89 Å². The molecular formula is C13H19N5OS. The Balaban J connectivity index is 1.79. The lowest BCUT2D eigenvalue weighted by Gasteiger charge is -2.35. The molecule has 2 N–H and O–H groups in total. The average molecular weight is 293 g/mol. The predicted octanol–water partition coefficient (Wildman–Crippen LogP) is 1.10. The molecule has 2 aromatic rings. The van der Waals surface area contributed by atoms with Gasteiger partial charge in [-0.1, -0.05) is 11.2 Å². The summed E-state index contributed by atoms with van der Waals surface area (Å²) < 4.78 is 5.36. The van der Waals surface area contributed by atoms with E-state index < -0.39 is 0 Å². The minimum Gasteiger partial charge on any atom is -0.337 e. The van der Waals surface area contributed by atoms with Crippen LogP contribution in [0.2, 0.25) is 0 Å². The summed E-state index contributed by atoms with van der Waals surface area (Å²) in [5.74, 6) is 1.21. The molecule has 108 valence electrons. The molecule has 0 aliphatic carbocycles. The molecule has 2 atom stereocenters. The molecule has 1 saturated heterocycles. The van der Waals surface area contributed by atoms with Crippen LogP contribution in [0.25, 0.3) is 0 Å². The first-order valence-electron chi connectivity index (χ1n) is 6.66. The maximum atomic E-state index is 6.16. The minimum absolute atomic E-state index is 0.168. The van der Waals surface area contributed by atoms with Crippen LogP contribution in [0.3, 0.4) is 0 Å². The van der Waals surface area contributed by atoms with Crippen molar-refractivity contribution in [3.8, 4) is 0 Å². The normalized spacial score (nSPS) is 23.1. The highest BCUT2D eigenvalue weighted by molar-refractivity contribution is 7.10. The zero-order chi connectivity index (χ0) is 14.1. The van der Waals surface area contributed by atoms with E-state index >= 15 is 0 Å². The second-order valence-electron chi connectivity index (χ2n) is 5.24. The smallest absolute Gasteiger partial charge is 0.249 e. The highest BCUT2D eigenvalue weighted by atomic mass is 32.1. The second kappa shape index (κ2) is 5.61. The standard InChI is InChI=1S/C13H19N5OS/c1-17-5-6-18(2)9(8-17)12-15-13(19-16-12)11(14)10-4-3-7-20-10/h3-4,7,9,11H,5-6,8,14H2,1-2H3. The molecule has 1 aliphatic heterocycles. The Morgan fingerprint density at radius 2 is 2.30 bits per heavy atom. The van der Waals surface area contributed by atoms with E-state index in [1.807, 2.05) is 17.5 Å². The van der Waals surface area contributed by atoms with Gasteiger partial charge in [0.1, 0.15) is 6.04 Å². The maximum Gasteiger partial charge on any atom is 0.249 e. The highest BCUT2D eigenvalue weighted by Crippen LogP contribution is 2.25. The molecule has 2 unspecified atom stereocenters. The second-order valence-corrected chi connectivity index (χ2v) is 6.22. The van der Waals surface area contributed by atoms with Gasteiger partial charge in [-0.05, 0) is 25.5 Å². The van der Waals surface area contributed by atoms with Crippen LogP contribution in [-0.2, 0) is 0 Å². The fourth-order valence-electron chi connectivity index (χ4n) is 2.39. The Morgan fingerprint density at radius 1 is 1.45 bits per heavy atom. The van der Waals surface area contributed by atoms with Crippen molar-refractivity contribution >= 4 is 11.3 Å². The van der Waals surface area contributed by atoms with Crippen molar-refractivity contribution in [1.29, 1.82) is 0 Å². The van der Waals surface area contributed by atoms with E-state index in [-0.39, 0.29) is 12.1 Å². The lowest BCUT2D eigenvalue weighted by atomic mass is 10.2. The highest BCUT2D eigenvalue weighted by Gasteiger charge is 2.29. The summed E-state index contributed by atoms with van der Waals surface area (Å²) in [6.07, 6.45) is 0. The molecule has 0 amide bonds. The van der Waals surface area contributed by atoms with Crippen molar-refractivity contribution in [2.75, 3.05) is 33.7 Å². The lowest BCUT2D eigenvalue weighted by Crippen LogP contribution is -2.45. The van der Waals surface area contributed by atoms with Crippen molar-refractivity contribution in [2.24, 2.45) is 5.73 Å². The Labute approximate surface area is 122 Å². The Bertz CT molecular complexity index is 555. The van der Waals surface area contributed by atoms with Gasteiger partial charge in [0.25, 0.3) is 0 Å². The van der Waals surface area contributed by atoms with Gasteiger partial charge < -0.3 is 15.2 Å². The van der Waals surface area contributed by atoms with Crippen molar-refractivity contribution in [3.05, 3.63) is 34.1 Å². The van der Waals surface area contributed by atoms with E-state index in [1.165, 1.54) is 0 Å². The molecule has 0 saturated carbocycles. The third-order valence-corrected chi connectivity index (χ3v) is 4.68. The Hall–Kier alpha value is -1.28. The van der Waals surface area contributed by atoms with Crippen LogP contribution >= 0.6 is 11.3 Å². The van der Waals surface area contributed by atoms with Crippen molar-refractivity contribution in [3.63, 3.8) is 0 Å². The summed E-state index contributed by atoms with van der Waals surface area (Å²) in [5, 5.41) is 6.12. The number of aromatic nitrogens is 2. The molecule has 0 spiro atoms. The third kappa shape index (κ3) is 2.62. The SMILES string of the molecule is CN1CCN(C)C(c2noc(C(N)c3cccs3)n2)C1. The molecular weight excluding hydrogens is 274 g/mol. The summed E-state index contributed by atoms with van der Waals surface area (Å²) in [6, 6.07) is 3.80. The number of rotatable bonds is 3. The predicted molar refractivity (Wildman–Crippen MR) is 77.5 cm³/mol. The molecule has 1 aliphatic rings. The zero-order valence-corrected chi connectivity index (χ0v) is 12.5. The van der Waals surface area contributed by atoms with Gasteiger partial charge in [0.05, 0.1) is 6.04 Å². The van der Waals surface area contributed by atoms with Crippen molar-refractivity contribution in [2.45, 2.75) is 12.1 Å². The monoisotopic (exact) mass is 293 g/mol. The number of hydrogen-bond donors (Lipinski definition) is 1.